The Bertz CT molecular complexity index is 544. The Labute approximate surface area is 333 Å². The van der Waals surface area contributed by atoms with Crippen molar-refractivity contribution >= 4 is 5.97 Å². The maximum absolute atomic E-state index is 9.60. The average molecular weight is 815 g/mol. The van der Waals surface area contributed by atoms with E-state index < -0.39 is 5.97 Å². The minimum absolute atomic E-state index is 0.176. The third kappa shape index (κ3) is 144. The van der Waals surface area contributed by atoms with E-state index >= 15 is 0 Å². The first kappa shape index (κ1) is 71.4. The van der Waals surface area contributed by atoms with Gasteiger partial charge in [-0.1, -0.05) is 6.58 Å². The SMILES string of the molecule is C=C(C)C(=O)O.CC(O)CC(C)O.CC(O)CC(C)O.CC(O)CC(C)O.CC(O)CC(C)O.CC(O)CC(C)O.CC(O)CC(C)O.CC(O)CC(C)O. The van der Waals surface area contributed by atoms with Crippen LogP contribution in [0.4, 0.5) is 0 Å². The van der Waals surface area contributed by atoms with E-state index in [-0.39, 0.29) is 91.0 Å². The second-order valence-electron chi connectivity index (χ2n) is 14.6. The molecule has 342 valence electrons. The fraction of sp³-hybridized carbons (Fsp3) is 0.923. The first-order chi connectivity index (χ1) is 24.5. The van der Waals surface area contributed by atoms with E-state index in [2.05, 4.69) is 6.58 Å². The fourth-order valence-corrected chi connectivity index (χ4v) is 3.46. The summed E-state index contributed by atoms with van der Waals surface area (Å²) in [6, 6.07) is 0. The Morgan fingerprint density at radius 3 is 0.364 bits per heavy atom. The zero-order chi connectivity index (χ0) is 46.2. The Balaban J connectivity index is -0.0000000765. The lowest BCUT2D eigenvalue weighted by atomic mass is 10.2. The molecule has 0 aromatic carbocycles. The summed E-state index contributed by atoms with van der Waals surface area (Å²) >= 11 is 0. The molecule has 15 N–H and O–H groups in total. The predicted octanol–water partition coefficient (Wildman–Crippen LogP) is 1.61. The summed E-state index contributed by atoms with van der Waals surface area (Å²) in [5.74, 6) is -0.935. The highest BCUT2D eigenvalue weighted by molar-refractivity contribution is 5.84. The number of rotatable bonds is 15. The molecule has 0 aliphatic rings. The van der Waals surface area contributed by atoms with Gasteiger partial charge in [0.15, 0.2) is 0 Å². The van der Waals surface area contributed by atoms with E-state index in [4.69, 9.17) is 76.6 Å². The number of aliphatic hydroxyl groups is 14. The van der Waals surface area contributed by atoms with Gasteiger partial charge < -0.3 is 76.6 Å². The van der Waals surface area contributed by atoms with Gasteiger partial charge in [-0.05, 0) is 149 Å². The Kier molecular flexibility index (Phi) is 63.3. The van der Waals surface area contributed by atoms with Gasteiger partial charge in [-0.2, -0.15) is 0 Å². The Morgan fingerprint density at radius 1 is 0.309 bits per heavy atom. The van der Waals surface area contributed by atoms with Gasteiger partial charge >= 0.3 is 5.97 Å². The zero-order valence-electron chi connectivity index (χ0n) is 36.9. The van der Waals surface area contributed by atoms with Crippen molar-refractivity contribution in [2.24, 2.45) is 0 Å². The third-order valence-electron chi connectivity index (χ3n) is 5.14. The van der Waals surface area contributed by atoms with Gasteiger partial charge in [0.1, 0.15) is 0 Å². The maximum Gasteiger partial charge on any atom is 0.330 e. The number of aliphatic hydroxyl groups excluding tert-OH is 14. The monoisotopic (exact) mass is 815 g/mol. The summed E-state index contributed by atoms with van der Waals surface area (Å²) in [5.41, 5.74) is 0.176. The van der Waals surface area contributed by atoms with Gasteiger partial charge in [-0.25, -0.2) is 4.79 Å². The molecule has 14 unspecified atom stereocenters. The van der Waals surface area contributed by atoms with Crippen molar-refractivity contribution in [3.63, 3.8) is 0 Å². The predicted molar refractivity (Wildman–Crippen MR) is 218 cm³/mol. The molecule has 0 fully saturated rings. The van der Waals surface area contributed by atoms with Gasteiger partial charge in [0.05, 0.1) is 85.5 Å². The van der Waals surface area contributed by atoms with E-state index in [1.165, 1.54) is 6.92 Å². The minimum Gasteiger partial charge on any atom is -0.478 e. The molecule has 0 saturated heterocycles. The van der Waals surface area contributed by atoms with Crippen LogP contribution in [0, 0.1) is 0 Å². The molecule has 0 aromatic heterocycles. The van der Waals surface area contributed by atoms with Crippen LogP contribution in [-0.4, -0.2) is 168 Å². The highest BCUT2D eigenvalue weighted by Gasteiger charge is 2.02. The molecule has 0 aromatic rings. The van der Waals surface area contributed by atoms with Crippen molar-refractivity contribution in [3.05, 3.63) is 12.2 Å². The van der Waals surface area contributed by atoms with Crippen LogP contribution in [0.5, 0.6) is 0 Å². The fourth-order valence-electron chi connectivity index (χ4n) is 3.46. The van der Waals surface area contributed by atoms with Crippen molar-refractivity contribution < 1.29 is 81.4 Å². The van der Waals surface area contributed by atoms with E-state index in [0.717, 1.165) is 0 Å². The van der Waals surface area contributed by atoms with Crippen molar-refractivity contribution in [2.75, 3.05) is 0 Å². The zero-order valence-corrected chi connectivity index (χ0v) is 36.9. The standard InChI is InChI=1S/7C5H12O2.C4H6O2/c7*1-4(6)3-5(2)7;1-3(2)4(5)6/h7*4-7H,3H2,1-2H3;1H2,2H3,(H,5,6). The Hall–Kier alpha value is -1.35. The van der Waals surface area contributed by atoms with Gasteiger partial charge in [-0.15, -0.1) is 0 Å². The number of carboxylic acid groups (broad SMARTS) is 1. The molecule has 0 rings (SSSR count). The van der Waals surface area contributed by atoms with Gasteiger partial charge in [-0.3, -0.25) is 0 Å². The molecule has 0 heterocycles. The van der Waals surface area contributed by atoms with Gasteiger partial charge in [0.2, 0.25) is 0 Å². The second kappa shape index (κ2) is 48.8. The normalized spacial score (nSPS) is 17.6. The summed E-state index contributed by atoms with van der Waals surface area (Å²) in [6.45, 7) is 27.8. The maximum atomic E-state index is 9.60. The lowest BCUT2D eigenvalue weighted by Gasteiger charge is -2.04. The van der Waals surface area contributed by atoms with E-state index in [1.54, 1.807) is 96.9 Å². The van der Waals surface area contributed by atoms with Crippen molar-refractivity contribution in [2.45, 2.75) is 234 Å². The van der Waals surface area contributed by atoms with Crippen LogP contribution in [0.3, 0.4) is 0 Å². The summed E-state index contributed by atoms with van der Waals surface area (Å²) in [4.78, 5) is 9.60. The largest absolute Gasteiger partial charge is 0.478 e. The average Bonchev–Trinajstić information content (AvgIpc) is 2.85. The van der Waals surface area contributed by atoms with Crippen LogP contribution in [0.1, 0.15) is 149 Å². The smallest absolute Gasteiger partial charge is 0.330 e. The molecule has 0 bridgehead atoms. The molecule has 16 nitrogen and oxygen atoms in total. The quantitative estimate of drug-likeness (QED) is 0.104. The van der Waals surface area contributed by atoms with Crippen LogP contribution < -0.4 is 0 Å². The van der Waals surface area contributed by atoms with Gasteiger partial charge in [0.25, 0.3) is 0 Å². The van der Waals surface area contributed by atoms with Crippen LogP contribution in [-0.2, 0) is 4.79 Å². The summed E-state index contributed by atoms with van der Waals surface area (Å²) in [6.07, 6.45) is -1.94. The number of aliphatic carboxylic acids is 1. The lowest BCUT2D eigenvalue weighted by molar-refractivity contribution is -0.132. The van der Waals surface area contributed by atoms with Crippen LogP contribution >= 0.6 is 0 Å². The molecule has 55 heavy (non-hydrogen) atoms. The minimum atomic E-state index is -0.935. The summed E-state index contributed by atoms with van der Waals surface area (Å²) in [7, 11) is 0. The van der Waals surface area contributed by atoms with Crippen molar-refractivity contribution in [1.29, 1.82) is 0 Å². The number of carbonyl (C=O) groups is 1. The van der Waals surface area contributed by atoms with E-state index in [9.17, 15) is 4.79 Å². The van der Waals surface area contributed by atoms with Crippen LogP contribution in [0.2, 0.25) is 0 Å². The molecule has 0 saturated carbocycles. The second-order valence-corrected chi connectivity index (χ2v) is 14.6. The number of carboxylic acids is 1. The molecular weight excluding hydrogens is 724 g/mol. The highest BCUT2D eigenvalue weighted by Crippen LogP contribution is 1.97. The molecular formula is C39H90O16. The van der Waals surface area contributed by atoms with Crippen LogP contribution in [0.15, 0.2) is 12.2 Å². The molecule has 0 aliphatic carbocycles. The summed E-state index contributed by atoms with van der Waals surface area (Å²) in [5, 5.41) is 128. The lowest BCUT2D eigenvalue weighted by Crippen LogP contribution is -2.10. The van der Waals surface area contributed by atoms with E-state index in [1.807, 2.05) is 0 Å². The molecule has 0 radical (unpaired) electrons. The van der Waals surface area contributed by atoms with Crippen molar-refractivity contribution in [1.82, 2.24) is 0 Å². The van der Waals surface area contributed by atoms with E-state index in [0.29, 0.717) is 44.9 Å². The topological polar surface area (TPSA) is 321 Å². The molecule has 16 heteroatoms. The van der Waals surface area contributed by atoms with Crippen LogP contribution in [0.25, 0.3) is 0 Å². The number of hydrogen-bond acceptors (Lipinski definition) is 15. The number of hydrogen-bond donors (Lipinski definition) is 15. The van der Waals surface area contributed by atoms with Crippen molar-refractivity contribution in [3.8, 4) is 0 Å². The first-order valence-electron chi connectivity index (χ1n) is 18.9. The summed E-state index contributed by atoms with van der Waals surface area (Å²) < 4.78 is 0. The Morgan fingerprint density at radius 2 is 0.364 bits per heavy atom. The first-order valence-corrected chi connectivity index (χ1v) is 18.9. The molecule has 0 aliphatic heterocycles. The molecule has 0 amide bonds. The van der Waals surface area contributed by atoms with Gasteiger partial charge in [0, 0.05) is 5.57 Å². The third-order valence-corrected chi connectivity index (χ3v) is 5.14. The molecule has 14 atom stereocenters. The molecule has 0 spiro atoms. The highest BCUT2D eigenvalue weighted by atomic mass is 16.4.